The van der Waals surface area contributed by atoms with Gasteiger partial charge in [-0.15, -0.1) is 0 Å². The Bertz CT molecular complexity index is 496. The number of nitrogens with zero attached hydrogens (tertiary/aromatic N) is 1. The summed E-state index contributed by atoms with van der Waals surface area (Å²) in [6.45, 7) is 5.46. The summed E-state index contributed by atoms with van der Waals surface area (Å²) in [6.07, 6.45) is 4.18. The van der Waals surface area contributed by atoms with E-state index in [1.54, 1.807) is 6.07 Å². The highest BCUT2D eigenvalue weighted by atomic mass is 16.5. The van der Waals surface area contributed by atoms with Crippen molar-refractivity contribution in [3.8, 4) is 0 Å². The second-order valence-corrected chi connectivity index (χ2v) is 5.74. The molecule has 0 aliphatic heterocycles. The molecule has 20 heavy (non-hydrogen) atoms. The first-order chi connectivity index (χ1) is 9.59. The van der Waals surface area contributed by atoms with Gasteiger partial charge in [0.25, 0.3) is 5.56 Å². The fourth-order valence-electron chi connectivity index (χ4n) is 3.19. The minimum absolute atomic E-state index is 0.0995. The third-order valence-electron chi connectivity index (χ3n) is 3.96. The predicted molar refractivity (Wildman–Crippen MR) is 78.6 cm³/mol. The van der Waals surface area contributed by atoms with E-state index in [2.05, 4.69) is 22.2 Å². The lowest BCUT2D eigenvalue weighted by Gasteiger charge is -2.38. The van der Waals surface area contributed by atoms with Gasteiger partial charge in [-0.3, -0.25) is 4.79 Å². The maximum atomic E-state index is 11.9. The van der Waals surface area contributed by atoms with E-state index in [0.717, 1.165) is 25.0 Å². The number of rotatable bonds is 5. The van der Waals surface area contributed by atoms with E-state index in [1.807, 2.05) is 14.0 Å². The van der Waals surface area contributed by atoms with E-state index >= 15 is 0 Å². The molecule has 1 saturated carbocycles. The molecule has 1 aliphatic carbocycles. The molecule has 2 rings (SSSR count). The van der Waals surface area contributed by atoms with Crippen LogP contribution in [0.15, 0.2) is 10.9 Å². The summed E-state index contributed by atoms with van der Waals surface area (Å²) in [5.41, 5.74) is 0.246. The Morgan fingerprint density at radius 1 is 1.60 bits per heavy atom. The zero-order valence-corrected chi connectivity index (χ0v) is 12.7. The summed E-state index contributed by atoms with van der Waals surface area (Å²) in [5.74, 6) is 1.29. The maximum Gasteiger partial charge on any atom is 0.251 e. The van der Waals surface area contributed by atoms with Crippen molar-refractivity contribution in [3.63, 3.8) is 0 Å². The van der Waals surface area contributed by atoms with Crippen LogP contribution in [-0.4, -0.2) is 23.6 Å². The van der Waals surface area contributed by atoms with Crippen molar-refractivity contribution in [2.24, 2.45) is 5.92 Å². The Balaban J connectivity index is 2.40. The van der Waals surface area contributed by atoms with Crippen molar-refractivity contribution in [2.45, 2.75) is 51.7 Å². The molecular weight excluding hydrogens is 254 g/mol. The molecule has 5 heteroatoms. The molecular formula is C15H25N3O2. The normalized spacial score (nSPS) is 26.6. The summed E-state index contributed by atoms with van der Waals surface area (Å²) in [4.78, 5) is 19.4. The summed E-state index contributed by atoms with van der Waals surface area (Å²) < 4.78 is 6.06. The third-order valence-corrected chi connectivity index (χ3v) is 3.96. The van der Waals surface area contributed by atoms with E-state index in [4.69, 9.17) is 4.74 Å². The van der Waals surface area contributed by atoms with E-state index in [9.17, 15) is 4.79 Å². The smallest absolute Gasteiger partial charge is 0.251 e. The van der Waals surface area contributed by atoms with Crippen LogP contribution in [0.25, 0.3) is 0 Å². The highest BCUT2D eigenvalue weighted by Crippen LogP contribution is 2.41. The van der Waals surface area contributed by atoms with Crippen molar-refractivity contribution in [2.75, 3.05) is 13.7 Å². The van der Waals surface area contributed by atoms with Gasteiger partial charge in [-0.1, -0.05) is 13.3 Å². The summed E-state index contributed by atoms with van der Waals surface area (Å²) >= 11 is 0. The molecule has 0 saturated heterocycles. The number of aromatic nitrogens is 2. The van der Waals surface area contributed by atoms with Crippen LogP contribution < -0.4 is 10.9 Å². The van der Waals surface area contributed by atoms with Crippen molar-refractivity contribution >= 4 is 0 Å². The zero-order chi connectivity index (χ0) is 14.6. The van der Waals surface area contributed by atoms with E-state index in [1.165, 1.54) is 6.42 Å². The van der Waals surface area contributed by atoms with Gasteiger partial charge in [-0.05, 0) is 39.2 Å². The van der Waals surface area contributed by atoms with Gasteiger partial charge in [0.15, 0.2) is 0 Å². The minimum atomic E-state index is -0.421. The monoisotopic (exact) mass is 279 g/mol. The standard InChI is InChI=1S/C15H25N3O2/c1-4-20-15(7-5-6-11(2)9-15)14-17-12(10-16-3)8-13(19)18-14/h8,11,16H,4-7,9-10H2,1-3H3,(H,17,18,19). The van der Waals surface area contributed by atoms with Crippen molar-refractivity contribution < 1.29 is 4.74 Å². The Labute approximate surface area is 120 Å². The molecule has 2 N–H and O–H groups in total. The molecule has 2 atom stereocenters. The lowest BCUT2D eigenvalue weighted by atomic mass is 9.78. The molecule has 0 amide bonds. The van der Waals surface area contributed by atoms with E-state index < -0.39 is 5.60 Å². The SMILES string of the molecule is CCOC1(c2nc(CNC)cc(=O)[nH]2)CCCC(C)C1. The molecule has 0 radical (unpaired) electrons. The lowest BCUT2D eigenvalue weighted by Crippen LogP contribution is -2.39. The zero-order valence-electron chi connectivity index (χ0n) is 12.7. The number of hydrogen-bond acceptors (Lipinski definition) is 4. The Morgan fingerprint density at radius 3 is 3.05 bits per heavy atom. The van der Waals surface area contributed by atoms with Gasteiger partial charge in [0.05, 0.1) is 5.69 Å². The first kappa shape index (κ1) is 15.2. The minimum Gasteiger partial charge on any atom is -0.367 e. The van der Waals surface area contributed by atoms with Crippen LogP contribution in [0, 0.1) is 5.92 Å². The van der Waals surface area contributed by atoms with Crippen LogP contribution in [0.4, 0.5) is 0 Å². The quantitative estimate of drug-likeness (QED) is 0.864. The van der Waals surface area contributed by atoms with Gasteiger partial charge in [0, 0.05) is 19.2 Å². The Hall–Kier alpha value is -1.20. The molecule has 1 aliphatic rings. The Morgan fingerprint density at radius 2 is 2.40 bits per heavy atom. The molecule has 1 aromatic rings. The number of H-pyrrole nitrogens is 1. The molecule has 5 nitrogen and oxygen atoms in total. The molecule has 1 heterocycles. The summed E-state index contributed by atoms with van der Waals surface area (Å²) in [7, 11) is 1.85. The summed E-state index contributed by atoms with van der Waals surface area (Å²) in [6, 6.07) is 1.55. The van der Waals surface area contributed by atoms with Crippen LogP contribution in [-0.2, 0) is 16.9 Å². The molecule has 1 fully saturated rings. The molecule has 0 bridgehead atoms. The number of nitrogens with one attached hydrogen (secondary N) is 2. The van der Waals surface area contributed by atoms with Crippen molar-refractivity contribution in [1.29, 1.82) is 0 Å². The molecule has 1 aromatic heterocycles. The van der Waals surface area contributed by atoms with Crippen LogP contribution in [0.3, 0.4) is 0 Å². The fraction of sp³-hybridized carbons (Fsp3) is 0.733. The average Bonchev–Trinajstić information content (AvgIpc) is 2.39. The van der Waals surface area contributed by atoms with Crippen LogP contribution in [0.1, 0.15) is 51.0 Å². The van der Waals surface area contributed by atoms with E-state index in [-0.39, 0.29) is 5.56 Å². The van der Waals surface area contributed by atoms with Gasteiger partial charge in [0.1, 0.15) is 11.4 Å². The number of aromatic amines is 1. The third kappa shape index (κ3) is 3.27. The first-order valence-electron chi connectivity index (χ1n) is 7.49. The number of ether oxygens (including phenoxy) is 1. The van der Waals surface area contributed by atoms with Gasteiger partial charge < -0.3 is 15.0 Å². The second kappa shape index (κ2) is 6.50. The maximum absolute atomic E-state index is 11.9. The molecule has 0 aromatic carbocycles. The Kier molecular flexibility index (Phi) is 4.94. The average molecular weight is 279 g/mol. The molecule has 2 unspecified atom stereocenters. The first-order valence-corrected chi connectivity index (χ1v) is 7.49. The topological polar surface area (TPSA) is 67.0 Å². The highest BCUT2D eigenvalue weighted by molar-refractivity contribution is 5.10. The van der Waals surface area contributed by atoms with Crippen molar-refractivity contribution in [1.82, 2.24) is 15.3 Å². The highest BCUT2D eigenvalue weighted by Gasteiger charge is 2.39. The fourth-order valence-corrected chi connectivity index (χ4v) is 3.19. The number of hydrogen-bond donors (Lipinski definition) is 2. The van der Waals surface area contributed by atoms with Crippen LogP contribution in [0.5, 0.6) is 0 Å². The second-order valence-electron chi connectivity index (χ2n) is 5.74. The van der Waals surface area contributed by atoms with Crippen LogP contribution >= 0.6 is 0 Å². The van der Waals surface area contributed by atoms with Crippen LogP contribution in [0.2, 0.25) is 0 Å². The molecule has 112 valence electrons. The van der Waals surface area contributed by atoms with Gasteiger partial charge in [-0.25, -0.2) is 4.98 Å². The lowest BCUT2D eigenvalue weighted by molar-refractivity contribution is -0.0883. The van der Waals surface area contributed by atoms with Gasteiger partial charge in [-0.2, -0.15) is 0 Å². The van der Waals surface area contributed by atoms with E-state index in [0.29, 0.717) is 24.9 Å². The summed E-state index contributed by atoms with van der Waals surface area (Å²) in [5, 5.41) is 3.04. The molecule has 0 spiro atoms. The predicted octanol–water partition coefficient (Wildman–Crippen LogP) is 1.93. The van der Waals surface area contributed by atoms with Crippen molar-refractivity contribution in [3.05, 3.63) is 27.9 Å². The van der Waals surface area contributed by atoms with Gasteiger partial charge in [0.2, 0.25) is 0 Å². The largest absolute Gasteiger partial charge is 0.367 e. The van der Waals surface area contributed by atoms with Gasteiger partial charge >= 0.3 is 0 Å².